The molecule has 0 saturated carbocycles. The van der Waals surface area contributed by atoms with Crippen molar-refractivity contribution in [1.29, 1.82) is 0 Å². The highest BCUT2D eigenvalue weighted by Gasteiger charge is 2.40. The minimum absolute atomic E-state index is 0.230. The van der Waals surface area contributed by atoms with Crippen LogP contribution in [-0.2, 0) is 9.47 Å². The molecular weight excluding hydrogens is 339 g/mol. The number of carbonyl (C=O) groups excluding carboxylic acids is 1. The molecule has 1 aromatic heterocycles. The van der Waals surface area contributed by atoms with Crippen LogP contribution in [0.2, 0.25) is 0 Å². The number of piperidine rings is 1. The van der Waals surface area contributed by atoms with Gasteiger partial charge >= 0.3 is 0 Å². The third kappa shape index (κ3) is 3.51. The number of rotatable bonds is 3. The molecule has 2 fully saturated rings. The van der Waals surface area contributed by atoms with Crippen LogP contribution in [0.5, 0.6) is 0 Å². The van der Waals surface area contributed by atoms with E-state index < -0.39 is 17.5 Å². The van der Waals surface area contributed by atoms with Crippen molar-refractivity contribution < 1.29 is 18.7 Å². The van der Waals surface area contributed by atoms with Crippen LogP contribution in [-0.4, -0.2) is 48.2 Å². The molecule has 0 aliphatic carbocycles. The maximum atomic E-state index is 13.2. The summed E-state index contributed by atoms with van der Waals surface area (Å²) in [6.45, 7) is 2.84. The van der Waals surface area contributed by atoms with Gasteiger partial charge in [-0.2, -0.15) is 0 Å². The van der Waals surface area contributed by atoms with E-state index in [2.05, 4.69) is 20.4 Å². The Hall–Kier alpha value is -2.58. The highest BCUT2D eigenvalue weighted by Crippen LogP contribution is 2.32. The quantitative estimate of drug-likeness (QED) is 0.907. The summed E-state index contributed by atoms with van der Waals surface area (Å²) in [5, 5.41) is 10.9. The van der Waals surface area contributed by atoms with Crippen LogP contribution in [0, 0.1) is 5.82 Å². The molecule has 2 aliphatic rings. The lowest BCUT2D eigenvalue weighted by molar-refractivity contribution is -0.169. The van der Waals surface area contributed by atoms with Gasteiger partial charge < -0.3 is 19.7 Å². The van der Waals surface area contributed by atoms with Gasteiger partial charge in [-0.05, 0) is 30.3 Å². The first-order valence-corrected chi connectivity index (χ1v) is 8.57. The van der Waals surface area contributed by atoms with Crippen molar-refractivity contribution in [2.24, 2.45) is 0 Å². The zero-order valence-electron chi connectivity index (χ0n) is 14.2. The molecule has 2 saturated heterocycles. The topological polar surface area (TPSA) is 76.6 Å². The molecule has 2 aliphatic heterocycles. The van der Waals surface area contributed by atoms with Crippen LogP contribution in [0.3, 0.4) is 0 Å². The number of ether oxygens (including phenoxy) is 2. The van der Waals surface area contributed by atoms with Gasteiger partial charge in [0.1, 0.15) is 5.82 Å². The monoisotopic (exact) mass is 358 g/mol. The Morgan fingerprint density at radius 3 is 2.54 bits per heavy atom. The summed E-state index contributed by atoms with van der Waals surface area (Å²) < 4.78 is 24.6. The molecule has 1 N–H and O–H groups in total. The van der Waals surface area contributed by atoms with Gasteiger partial charge in [0.2, 0.25) is 0 Å². The smallest absolute Gasteiger partial charge is 0.256 e. The molecule has 2 aromatic rings. The first-order chi connectivity index (χ1) is 12.6. The number of carbonyl (C=O) groups is 1. The highest BCUT2D eigenvalue weighted by atomic mass is 19.1. The number of benzene rings is 1. The number of aromatic nitrogens is 2. The summed E-state index contributed by atoms with van der Waals surface area (Å²) in [5.41, 5.74) is 0.230. The Labute approximate surface area is 150 Å². The number of hydrogen-bond donors (Lipinski definition) is 1. The van der Waals surface area contributed by atoms with E-state index in [1.807, 2.05) is 6.07 Å². The summed E-state index contributed by atoms with van der Waals surface area (Å²) in [4.78, 5) is 14.2. The van der Waals surface area contributed by atoms with E-state index in [9.17, 15) is 9.18 Å². The Balaban J connectivity index is 1.37. The molecule has 8 heteroatoms. The Kier molecular flexibility index (Phi) is 4.52. The fraction of sp³-hybridized carbons (Fsp3) is 0.389. The van der Waals surface area contributed by atoms with Crippen LogP contribution in [0.15, 0.2) is 36.4 Å². The Morgan fingerprint density at radius 1 is 1.12 bits per heavy atom. The summed E-state index contributed by atoms with van der Waals surface area (Å²) in [7, 11) is 0. The van der Waals surface area contributed by atoms with Crippen molar-refractivity contribution in [3.8, 4) is 0 Å². The number of nitrogens with zero attached hydrogens (tertiary/aromatic N) is 3. The van der Waals surface area contributed by atoms with Gasteiger partial charge in [-0.3, -0.25) is 4.79 Å². The zero-order valence-corrected chi connectivity index (χ0v) is 14.2. The molecule has 26 heavy (non-hydrogen) atoms. The summed E-state index contributed by atoms with van der Waals surface area (Å²) >= 11 is 0. The van der Waals surface area contributed by atoms with E-state index in [0.29, 0.717) is 19.0 Å². The van der Waals surface area contributed by atoms with Crippen LogP contribution >= 0.6 is 0 Å². The van der Waals surface area contributed by atoms with Gasteiger partial charge in [-0.1, -0.05) is 6.07 Å². The van der Waals surface area contributed by atoms with Crippen LogP contribution in [0.4, 0.5) is 16.0 Å². The van der Waals surface area contributed by atoms with Crippen LogP contribution in [0.1, 0.15) is 23.2 Å². The summed E-state index contributed by atoms with van der Waals surface area (Å²) in [5.74, 6) is -0.261. The van der Waals surface area contributed by atoms with Crippen molar-refractivity contribution in [2.45, 2.75) is 18.6 Å². The first-order valence-electron chi connectivity index (χ1n) is 8.57. The normalized spacial score (nSPS) is 18.9. The maximum Gasteiger partial charge on any atom is 0.256 e. The molecule has 0 bridgehead atoms. The second kappa shape index (κ2) is 6.97. The number of amides is 1. The molecular formula is C18H19FN4O3. The molecule has 0 atom stereocenters. The van der Waals surface area contributed by atoms with Crippen molar-refractivity contribution >= 4 is 17.5 Å². The van der Waals surface area contributed by atoms with E-state index >= 15 is 0 Å². The fourth-order valence-corrected chi connectivity index (χ4v) is 3.24. The lowest BCUT2D eigenvalue weighted by Crippen LogP contribution is -2.45. The summed E-state index contributed by atoms with van der Waals surface area (Å²) in [6, 6.07) is 8.98. The molecule has 1 aromatic carbocycles. The van der Waals surface area contributed by atoms with E-state index in [1.54, 1.807) is 6.07 Å². The minimum atomic E-state index is -0.461. The molecule has 1 spiro atoms. The number of halogens is 1. The van der Waals surface area contributed by atoms with Gasteiger partial charge in [-0.15, -0.1) is 10.2 Å². The standard InChI is InChI=1S/C18H19FN4O3/c19-14-3-1-2-13(12-14)17(24)20-15-4-5-16(22-21-15)23-8-6-18(7-9-23)25-10-11-26-18/h1-5,12H,6-11H2,(H,20,21,24). The van der Waals surface area contributed by atoms with E-state index in [0.717, 1.165) is 31.7 Å². The third-order valence-electron chi connectivity index (χ3n) is 4.64. The SMILES string of the molecule is O=C(Nc1ccc(N2CCC3(CC2)OCCO3)nn1)c1cccc(F)c1. The van der Waals surface area contributed by atoms with Gasteiger partial charge in [0.15, 0.2) is 17.4 Å². The fourth-order valence-electron chi connectivity index (χ4n) is 3.24. The zero-order chi connectivity index (χ0) is 18.0. The average Bonchev–Trinajstić information content (AvgIpc) is 3.11. The first kappa shape index (κ1) is 16.9. The average molecular weight is 358 g/mol. The van der Waals surface area contributed by atoms with Crippen molar-refractivity contribution in [3.05, 3.63) is 47.8 Å². The number of anilines is 2. The second-order valence-corrected chi connectivity index (χ2v) is 6.34. The molecule has 0 unspecified atom stereocenters. The molecule has 7 nitrogen and oxygen atoms in total. The number of hydrogen-bond acceptors (Lipinski definition) is 6. The lowest BCUT2D eigenvalue weighted by atomic mass is 10.0. The van der Waals surface area contributed by atoms with Crippen molar-refractivity contribution in [3.63, 3.8) is 0 Å². The molecule has 136 valence electrons. The van der Waals surface area contributed by atoms with Crippen LogP contribution in [0.25, 0.3) is 0 Å². The molecule has 3 heterocycles. The number of nitrogens with one attached hydrogen (secondary N) is 1. The lowest BCUT2D eigenvalue weighted by Gasteiger charge is -2.37. The van der Waals surface area contributed by atoms with Gasteiger partial charge in [0, 0.05) is 31.5 Å². The van der Waals surface area contributed by atoms with Crippen LogP contribution < -0.4 is 10.2 Å². The minimum Gasteiger partial charge on any atom is -0.355 e. The van der Waals surface area contributed by atoms with Gasteiger partial charge in [-0.25, -0.2) is 4.39 Å². The third-order valence-corrected chi connectivity index (χ3v) is 4.64. The molecule has 4 rings (SSSR count). The van der Waals surface area contributed by atoms with E-state index in [-0.39, 0.29) is 5.56 Å². The Bertz CT molecular complexity index is 783. The van der Waals surface area contributed by atoms with Crippen molar-refractivity contribution in [2.75, 3.05) is 36.5 Å². The van der Waals surface area contributed by atoms with Gasteiger partial charge in [0.05, 0.1) is 13.2 Å². The highest BCUT2D eigenvalue weighted by molar-refractivity contribution is 6.03. The Morgan fingerprint density at radius 2 is 1.88 bits per heavy atom. The molecule has 0 radical (unpaired) electrons. The largest absolute Gasteiger partial charge is 0.355 e. The second-order valence-electron chi connectivity index (χ2n) is 6.34. The molecule has 1 amide bonds. The predicted molar refractivity (Wildman–Crippen MR) is 92.5 cm³/mol. The van der Waals surface area contributed by atoms with E-state index in [1.165, 1.54) is 24.3 Å². The van der Waals surface area contributed by atoms with Crippen molar-refractivity contribution in [1.82, 2.24) is 10.2 Å². The predicted octanol–water partition coefficient (Wildman–Crippen LogP) is 2.21. The maximum absolute atomic E-state index is 13.2. The van der Waals surface area contributed by atoms with Gasteiger partial charge in [0.25, 0.3) is 5.91 Å². The van der Waals surface area contributed by atoms with E-state index in [4.69, 9.17) is 9.47 Å². The summed E-state index contributed by atoms with van der Waals surface area (Å²) in [6.07, 6.45) is 1.57.